The van der Waals surface area contributed by atoms with Crippen LogP contribution in [0, 0.1) is 5.92 Å². The van der Waals surface area contributed by atoms with Crippen molar-refractivity contribution in [3.05, 3.63) is 47.7 Å². The Bertz CT molecular complexity index is 937. The van der Waals surface area contributed by atoms with Crippen LogP contribution in [0.25, 0.3) is 0 Å². The second-order valence-corrected chi connectivity index (χ2v) is 8.80. The van der Waals surface area contributed by atoms with E-state index in [-0.39, 0.29) is 17.4 Å². The molecule has 172 valence electrons. The molecule has 1 aliphatic carbocycles. The van der Waals surface area contributed by atoms with Gasteiger partial charge in [-0.1, -0.05) is 25.0 Å². The molecule has 0 unspecified atom stereocenters. The summed E-state index contributed by atoms with van der Waals surface area (Å²) in [5.74, 6) is 1.01. The quantitative estimate of drug-likeness (QED) is 0.677. The predicted molar refractivity (Wildman–Crippen MR) is 114 cm³/mol. The van der Waals surface area contributed by atoms with Crippen molar-refractivity contribution >= 4 is 11.7 Å². The zero-order valence-electron chi connectivity index (χ0n) is 18.0. The summed E-state index contributed by atoms with van der Waals surface area (Å²) in [5, 5.41) is 11.1. The van der Waals surface area contributed by atoms with Crippen LogP contribution in [0.4, 0.5) is 19.0 Å². The van der Waals surface area contributed by atoms with Crippen LogP contribution in [-0.2, 0) is 6.18 Å². The van der Waals surface area contributed by atoms with Crippen molar-refractivity contribution in [3.63, 3.8) is 0 Å². The Morgan fingerprint density at radius 1 is 1.16 bits per heavy atom. The number of benzene rings is 1. The van der Waals surface area contributed by atoms with Crippen LogP contribution in [0.5, 0.6) is 5.75 Å². The molecule has 2 fully saturated rings. The van der Waals surface area contributed by atoms with Gasteiger partial charge < -0.3 is 15.0 Å². The number of alkyl halides is 3. The number of ether oxygens (including phenoxy) is 1. The van der Waals surface area contributed by atoms with Crippen LogP contribution in [0.2, 0.25) is 0 Å². The number of hydrogen-bond acceptors (Lipinski definition) is 5. The highest BCUT2D eigenvalue weighted by atomic mass is 19.4. The molecule has 32 heavy (non-hydrogen) atoms. The first-order valence-electron chi connectivity index (χ1n) is 11.0. The van der Waals surface area contributed by atoms with Crippen molar-refractivity contribution in [3.8, 4) is 5.75 Å². The summed E-state index contributed by atoms with van der Waals surface area (Å²) in [7, 11) is 0. The van der Waals surface area contributed by atoms with Gasteiger partial charge in [0, 0.05) is 32.5 Å². The fourth-order valence-corrected chi connectivity index (χ4v) is 3.87. The van der Waals surface area contributed by atoms with Gasteiger partial charge in [-0.15, -0.1) is 10.2 Å². The van der Waals surface area contributed by atoms with Crippen molar-refractivity contribution in [1.82, 2.24) is 15.5 Å². The van der Waals surface area contributed by atoms with Gasteiger partial charge in [-0.25, -0.2) is 0 Å². The van der Waals surface area contributed by atoms with E-state index in [1.165, 1.54) is 25.0 Å². The molecule has 2 aliphatic rings. The van der Waals surface area contributed by atoms with E-state index in [2.05, 4.69) is 15.5 Å². The van der Waals surface area contributed by atoms with Gasteiger partial charge in [0.2, 0.25) is 0 Å². The fourth-order valence-electron chi connectivity index (χ4n) is 3.87. The Labute approximate surface area is 185 Å². The molecule has 1 aromatic heterocycles. The third-order valence-electron chi connectivity index (χ3n) is 6.11. The van der Waals surface area contributed by atoms with Crippen LogP contribution in [-0.4, -0.2) is 41.3 Å². The molecule has 0 radical (unpaired) electrons. The molecule has 4 rings (SSSR count). The van der Waals surface area contributed by atoms with Crippen LogP contribution in [0.1, 0.15) is 55.1 Å². The second-order valence-electron chi connectivity index (χ2n) is 8.80. The topological polar surface area (TPSA) is 67.3 Å². The number of para-hydroxylation sites is 1. The highest BCUT2D eigenvalue weighted by Crippen LogP contribution is 2.39. The molecular formula is C23H27F3N4O2. The van der Waals surface area contributed by atoms with E-state index >= 15 is 0 Å². The van der Waals surface area contributed by atoms with Gasteiger partial charge in [-0.3, -0.25) is 4.79 Å². The van der Waals surface area contributed by atoms with Gasteiger partial charge in [0.15, 0.2) is 11.5 Å². The fraction of sp³-hybridized carbons (Fsp3) is 0.522. The number of amides is 1. The maximum atomic E-state index is 13.3. The summed E-state index contributed by atoms with van der Waals surface area (Å²) in [6.45, 7) is 3.60. The number of rotatable bonds is 7. The normalized spacial score (nSPS) is 18.3. The van der Waals surface area contributed by atoms with Gasteiger partial charge >= 0.3 is 6.18 Å². The molecule has 2 heterocycles. The molecule has 1 aromatic carbocycles. The standard InChI is InChI=1S/C23H27F3N4O2/c1-22(32-19-5-3-2-4-17(19)23(24,25)26)11-14-30(15-12-22)20-9-8-18(28-29-20)21(31)27-13-10-16-6-7-16/h2-5,8-9,16H,6-7,10-15H2,1H3,(H,27,31). The molecule has 1 saturated heterocycles. The monoisotopic (exact) mass is 448 g/mol. The number of aromatic nitrogens is 2. The highest BCUT2D eigenvalue weighted by Gasteiger charge is 2.38. The summed E-state index contributed by atoms with van der Waals surface area (Å²) in [6, 6.07) is 8.70. The Morgan fingerprint density at radius 2 is 1.88 bits per heavy atom. The highest BCUT2D eigenvalue weighted by molar-refractivity contribution is 5.92. The summed E-state index contributed by atoms with van der Waals surface area (Å²) in [6.07, 6.45) is 0.0985. The number of carbonyl (C=O) groups is 1. The van der Waals surface area contributed by atoms with Gasteiger partial charge in [-0.2, -0.15) is 13.2 Å². The number of halogens is 3. The molecule has 1 aliphatic heterocycles. The lowest BCUT2D eigenvalue weighted by atomic mass is 9.93. The summed E-state index contributed by atoms with van der Waals surface area (Å²) >= 11 is 0. The molecule has 6 nitrogen and oxygen atoms in total. The number of piperidine rings is 1. The lowest BCUT2D eigenvalue weighted by Gasteiger charge is -2.40. The SMILES string of the molecule is CC1(Oc2ccccc2C(F)(F)F)CCN(c2ccc(C(=O)NCCC3CC3)nn2)CC1. The van der Waals surface area contributed by atoms with Crippen molar-refractivity contribution in [2.75, 3.05) is 24.5 Å². The van der Waals surface area contributed by atoms with E-state index in [1.54, 1.807) is 18.2 Å². The molecule has 1 saturated carbocycles. The Kier molecular flexibility index (Phi) is 6.26. The Morgan fingerprint density at radius 3 is 2.50 bits per heavy atom. The Hall–Kier alpha value is -2.84. The minimum Gasteiger partial charge on any atom is -0.487 e. The number of nitrogens with zero attached hydrogens (tertiary/aromatic N) is 3. The van der Waals surface area contributed by atoms with Gasteiger partial charge in [0.05, 0.1) is 5.56 Å². The molecule has 2 aromatic rings. The minimum absolute atomic E-state index is 0.146. The Balaban J connectivity index is 1.32. The maximum absolute atomic E-state index is 13.3. The number of anilines is 1. The van der Waals surface area contributed by atoms with Crippen molar-refractivity contribution < 1.29 is 22.7 Å². The number of hydrogen-bond donors (Lipinski definition) is 1. The zero-order chi connectivity index (χ0) is 22.8. The summed E-state index contributed by atoms with van der Waals surface area (Å²) < 4.78 is 45.7. The van der Waals surface area contributed by atoms with E-state index < -0.39 is 17.3 Å². The summed E-state index contributed by atoms with van der Waals surface area (Å²) in [5.41, 5.74) is -1.20. The number of nitrogens with one attached hydrogen (secondary N) is 1. The van der Waals surface area contributed by atoms with E-state index in [1.807, 2.05) is 11.8 Å². The van der Waals surface area contributed by atoms with Crippen molar-refractivity contribution in [2.45, 2.75) is 50.8 Å². The second kappa shape index (κ2) is 8.96. The molecule has 1 amide bonds. The van der Waals surface area contributed by atoms with Gasteiger partial charge in [0.1, 0.15) is 11.4 Å². The van der Waals surface area contributed by atoms with Gasteiger partial charge in [0.25, 0.3) is 5.91 Å². The van der Waals surface area contributed by atoms with Crippen molar-refractivity contribution in [2.24, 2.45) is 5.92 Å². The van der Waals surface area contributed by atoms with Crippen LogP contribution in [0.3, 0.4) is 0 Å². The molecule has 0 bridgehead atoms. The lowest BCUT2D eigenvalue weighted by Crippen LogP contribution is -2.46. The van der Waals surface area contributed by atoms with E-state index in [0.29, 0.717) is 38.3 Å². The smallest absolute Gasteiger partial charge is 0.419 e. The van der Waals surface area contributed by atoms with E-state index in [0.717, 1.165) is 18.4 Å². The minimum atomic E-state index is -4.46. The molecule has 1 N–H and O–H groups in total. The maximum Gasteiger partial charge on any atom is 0.419 e. The number of carbonyl (C=O) groups excluding carboxylic acids is 1. The van der Waals surface area contributed by atoms with Crippen LogP contribution < -0.4 is 15.0 Å². The first-order valence-corrected chi connectivity index (χ1v) is 11.0. The molecule has 0 spiro atoms. The average molecular weight is 448 g/mol. The van der Waals surface area contributed by atoms with Crippen LogP contribution >= 0.6 is 0 Å². The third-order valence-corrected chi connectivity index (χ3v) is 6.11. The third kappa shape index (κ3) is 5.49. The molecular weight excluding hydrogens is 421 g/mol. The molecule has 9 heteroatoms. The summed E-state index contributed by atoms with van der Waals surface area (Å²) in [4.78, 5) is 14.2. The van der Waals surface area contributed by atoms with Gasteiger partial charge in [-0.05, 0) is 43.5 Å². The largest absolute Gasteiger partial charge is 0.487 e. The van der Waals surface area contributed by atoms with Crippen LogP contribution in [0.15, 0.2) is 36.4 Å². The zero-order valence-corrected chi connectivity index (χ0v) is 18.0. The predicted octanol–water partition coefficient (Wildman–Crippen LogP) is 4.46. The first kappa shape index (κ1) is 22.4. The van der Waals surface area contributed by atoms with E-state index in [9.17, 15) is 18.0 Å². The first-order chi connectivity index (χ1) is 15.2. The lowest BCUT2D eigenvalue weighted by molar-refractivity contribution is -0.140. The van der Waals surface area contributed by atoms with E-state index in [4.69, 9.17) is 4.74 Å². The molecule has 0 atom stereocenters. The van der Waals surface area contributed by atoms with Crippen molar-refractivity contribution in [1.29, 1.82) is 0 Å². The average Bonchev–Trinajstić information content (AvgIpc) is 3.58.